The molecule has 0 aliphatic heterocycles. The van der Waals surface area contributed by atoms with Gasteiger partial charge in [0.05, 0.1) is 11.7 Å². The Kier molecular flexibility index (Phi) is 5.86. The van der Waals surface area contributed by atoms with Gasteiger partial charge in [-0.25, -0.2) is 9.37 Å². The molecule has 172 valence electrons. The van der Waals surface area contributed by atoms with E-state index in [1.807, 2.05) is 18.2 Å². The molecule has 0 spiro atoms. The first-order chi connectivity index (χ1) is 16.5. The first-order valence-corrected chi connectivity index (χ1v) is 11.3. The van der Waals surface area contributed by atoms with Gasteiger partial charge in [-0.2, -0.15) is 4.73 Å². The third-order valence-corrected chi connectivity index (χ3v) is 6.19. The predicted molar refractivity (Wildman–Crippen MR) is 130 cm³/mol. The van der Waals surface area contributed by atoms with Crippen LogP contribution in [0.3, 0.4) is 0 Å². The van der Waals surface area contributed by atoms with Crippen LogP contribution in [0.2, 0.25) is 0 Å². The standard InChI is InChI=1S/C27H25FN4O2/c1-2-30(15-19-6-4-3-5-7-19)17-21-18-31(16-20-8-10-22(28)11-9-20)24-14-29-26-23(25(21)24)12-13-32(34)27(26)33/h3-14,18,34H,2,15-17H2,1H3. The number of fused-ring (bicyclic) bond motifs is 3. The molecule has 0 atom stereocenters. The molecule has 1 N–H and O–H groups in total. The molecule has 3 aromatic heterocycles. The third-order valence-electron chi connectivity index (χ3n) is 6.19. The highest BCUT2D eigenvalue weighted by molar-refractivity contribution is 6.06. The van der Waals surface area contributed by atoms with E-state index in [4.69, 9.17) is 0 Å². The van der Waals surface area contributed by atoms with E-state index in [1.54, 1.807) is 24.4 Å². The van der Waals surface area contributed by atoms with Crippen molar-refractivity contribution < 1.29 is 9.60 Å². The van der Waals surface area contributed by atoms with E-state index in [2.05, 4.69) is 39.7 Å². The summed E-state index contributed by atoms with van der Waals surface area (Å²) in [7, 11) is 0. The van der Waals surface area contributed by atoms with Crippen molar-refractivity contribution in [3.63, 3.8) is 0 Å². The van der Waals surface area contributed by atoms with E-state index in [1.165, 1.54) is 23.9 Å². The lowest BCUT2D eigenvalue weighted by Crippen LogP contribution is -2.22. The lowest BCUT2D eigenvalue weighted by molar-refractivity contribution is 0.176. The summed E-state index contributed by atoms with van der Waals surface area (Å²) >= 11 is 0. The molecule has 0 saturated heterocycles. The van der Waals surface area contributed by atoms with Crippen LogP contribution in [0.4, 0.5) is 4.39 Å². The maximum absolute atomic E-state index is 13.4. The van der Waals surface area contributed by atoms with Crippen molar-refractivity contribution in [1.29, 1.82) is 0 Å². The molecule has 7 heteroatoms. The fraction of sp³-hybridized carbons (Fsp3) is 0.185. The Hall–Kier alpha value is -3.97. The SMILES string of the molecule is CCN(Cc1ccccc1)Cc1cn(Cc2ccc(F)cc2)c2cnc3c(=O)n(O)ccc3c12. The molecule has 0 amide bonds. The van der Waals surface area contributed by atoms with Gasteiger partial charge in [-0.3, -0.25) is 9.69 Å². The van der Waals surface area contributed by atoms with E-state index in [0.29, 0.717) is 23.2 Å². The van der Waals surface area contributed by atoms with E-state index < -0.39 is 5.56 Å². The first kappa shape index (κ1) is 21.9. The average Bonchev–Trinajstić information content (AvgIpc) is 3.20. The van der Waals surface area contributed by atoms with Crippen molar-refractivity contribution in [1.82, 2.24) is 19.2 Å². The van der Waals surface area contributed by atoms with E-state index in [-0.39, 0.29) is 11.3 Å². The number of benzene rings is 2. The van der Waals surface area contributed by atoms with E-state index in [9.17, 15) is 14.4 Å². The van der Waals surface area contributed by atoms with Crippen molar-refractivity contribution in [2.24, 2.45) is 0 Å². The van der Waals surface area contributed by atoms with Gasteiger partial charge in [-0.15, -0.1) is 0 Å². The highest BCUT2D eigenvalue weighted by atomic mass is 19.1. The summed E-state index contributed by atoms with van der Waals surface area (Å²) in [5, 5.41) is 11.5. The van der Waals surface area contributed by atoms with E-state index in [0.717, 1.165) is 35.1 Å². The summed E-state index contributed by atoms with van der Waals surface area (Å²) in [6.45, 7) is 5.01. The number of rotatable bonds is 7. The van der Waals surface area contributed by atoms with Gasteiger partial charge in [-0.1, -0.05) is 49.4 Å². The highest BCUT2D eigenvalue weighted by Gasteiger charge is 2.17. The lowest BCUT2D eigenvalue weighted by atomic mass is 10.1. The van der Waals surface area contributed by atoms with Crippen LogP contribution >= 0.6 is 0 Å². The van der Waals surface area contributed by atoms with Crippen LogP contribution in [-0.4, -0.2) is 30.9 Å². The van der Waals surface area contributed by atoms with Gasteiger partial charge < -0.3 is 9.77 Å². The van der Waals surface area contributed by atoms with Crippen LogP contribution in [0.1, 0.15) is 23.6 Å². The molecule has 6 nitrogen and oxygen atoms in total. The van der Waals surface area contributed by atoms with Gasteiger partial charge in [0.1, 0.15) is 11.3 Å². The van der Waals surface area contributed by atoms with Gasteiger partial charge in [-0.05, 0) is 41.4 Å². The van der Waals surface area contributed by atoms with Gasteiger partial charge in [0.25, 0.3) is 0 Å². The molecule has 0 unspecified atom stereocenters. The summed E-state index contributed by atoms with van der Waals surface area (Å²) in [5.74, 6) is -0.269. The van der Waals surface area contributed by atoms with Crippen LogP contribution in [0.15, 0.2) is 84.0 Å². The number of nitrogens with zero attached hydrogens (tertiary/aromatic N) is 4. The molecular weight excluding hydrogens is 431 g/mol. The Balaban J connectivity index is 1.62. The Morgan fingerprint density at radius 2 is 1.76 bits per heavy atom. The summed E-state index contributed by atoms with van der Waals surface area (Å²) in [4.78, 5) is 19.2. The number of hydrogen-bond acceptors (Lipinski definition) is 4. The maximum Gasteiger partial charge on any atom is 0.309 e. The number of hydrogen-bond donors (Lipinski definition) is 1. The Labute approximate surface area is 196 Å². The molecule has 0 aliphatic rings. The van der Waals surface area contributed by atoms with Crippen LogP contribution in [0.25, 0.3) is 21.8 Å². The number of pyridine rings is 2. The van der Waals surface area contributed by atoms with Crippen LogP contribution in [0, 0.1) is 5.82 Å². The van der Waals surface area contributed by atoms with Crippen LogP contribution in [0.5, 0.6) is 0 Å². The van der Waals surface area contributed by atoms with Crippen LogP contribution < -0.4 is 5.56 Å². The second-order valence-corrected chi connectivity index (χ2v) is 8.44. The molecule has 34 heavy (non-hydrogen) atoms. The molecule has 3 heterocycles. The molecule has 0 saturated carbocycles. The zero-order chi connectivity index (χ0) is 23.7. The monoisotopic (exact) mass is 456 g/mol. The quantitative estimate of drug-likeness (QED) is 0.358. The second-order valence-electron chi connectivity index (χ2n) is 8.44. The fourth-order valence-corrected chi connectivity index (χ4v) is 4.45. The molecule has 2 aromatic carbocycles. The molecule has 5 rings (SSSR count). The summed E-state index contributed by atoms with van der Waals surface area (Å²) in [6.07, 6.45) is 5.13. The first-order valence-electron chi connectivity index (χ1n) is 11.3. The number of aromatic nitrogens is 3. The Morgan fingerprint density at radius 1 is 1.00 bits per heavy atom. The zero-order valence-electron chi connectivity index (χ0n) is 18.9. The minimum Gasteiger partial charge on any atom is -0.425 e. The largest absolute Gasteiger partial charge is 0.425 e. The third kappa shape index (κ3) is 4.18. The summed E-state index contributed by atoms with van der Waals surface area (Å²) in [6, 6.07) is 18.5. The zero-order valence-corrected chi connectivity index (χ0v) is 18.9. The van der Waals surface area contributed by atoms with Gasteiger partial charge >= 0.3 is 5.56 Å². The van der Waals surface area contributed by atoms with Crippen molar-refractivity contribution in [2.75, 3.05) is 6.54 Å². The smallest absolute Gasteiger partial charge is 0.309 e. The average molecular weight is 457 g/mol. The Morgan fingerprint density at radius 3 is 2.50 bits per heavy atom. The topological polar surface area (TPSA) is 63.3 Å². The van der Waals surface area contributed by atoms with Crippen molar-refractivity contribution in [2.45, 2.75) is 26.6 Å². The minimum atomic E-state index is -0.548. The summed E-state index contributed by atoms with van der Waals surface area (Å²) < 4.78 is 16.1. The maximum atomic E-state index is 13.4. The lowest BCUT2D eigenvalue weighted by Gasteiger charge is -2.20. The van der Waals surface area contributed by atoms with Gasteiger partial charge in [0.2, 0.25) is 0 Å². The highest BCUT2D eigenvalue weighted by Crippen LogP contribution is 2.29. The Bertz CT molecular complexity index is 1510. The molecule has 0 fully saturated rings. The van der Waals surface area contributed by atoms with Crippen molar-refractivity contribution in [3.8, 4) is 0 Å². The van der Waals surface area contributed by atoms with Crippen LogP contribution in [-0.2, 0) is 19.6 Å². The predicted octanol–water partition coefficient (Wildman–Crippen LogP) is 4.80. The number of halogens is 1. The van der Waals surface area contributed by atoms with Crippen molar-refractivity contribution >= 4 is 21.8 Å². The molecule has 5 aromatic rings. The van der Waals surface area contributed by atoms with Gasteiger partial charge in [0.15, 0.2) is 0 Å². The molecule has 0 radical (unpaired) electrons. The molecule has 0 bridgehead atoms. The molecular formula is C27H25FN4O2. The summed E-state index contributed by atoms with van der Waals surface area (Å²) in [5.41, 5.74) is 3.83. The fourth-order valence-electron chi connectivity index (χ4n) is 4.45. The minimum absolute atomic E-state index is 0.226. The normalized spacial score (nSPS) is 11.6. The van der Waals surface area contributed by atoms with E-state index >= 15 is 0 Å². The molecule has 0 aliphatic carbocycles. The second kappa shape index (κ2) is 9.11. The van der Waals surface area contributed by atoms with Crippen molar-refractivity contribution in [3.05, 3.63) is 112 Å². The van der Waals surface area contributed by atoms with Gasteiger partial charge in [0, 0.05) is 42.8 Å².